The van der Waals surface area contributed by atoms with Gasteiger partial charge in [0, 0.05) is 22.9 Å². The van der Waals surface area contributed by atoms with Gasteiger partial charge in [0.25, 0.3) is 5.91 Å². The van der Waals surface area contributed by atoms with Gasteiger partial charge in [0.1, 0.15) is 5.52 Å². The van der Waals surface area contributed by atoms with Crippen molar-refractivity contribution in [2.24, 2.45) is 0 Å². The molecule has 2 N–H and O–H groups in total. The molecule has 0 aliphatic carbocycles. The number of hydrogen-bond donors (Lipinski definition) is 2. The fourth-order valence-corrected chi connectivity index (χ4v) is 4.43. The van der Waals surface area contributed by atoms with Crippen molar-refractivity contribution >= 4 is 32.5 Å². The van der Waals surface area contributed by atoms with Crippen molar-refractivity contribution in [3.8, 4) is 11.3 Å². The number of anilines is 1. The van der Waals surface area contributed by atoms with Gasteiger partial charge in [0.05, 0.1) is 10.3 Å². The number of carbonyl (C=O) groups is 1. The Hall–Kier alpha value is -3.49. The summed E-state index contributed by atoms with van der Waals surface area (Å²) in [4.78, 5) is 12.9. The van der Waals surface area contributed by atoms with Gasteiger partial charge in [-0.05, 0) is 56.3 Å². The summed E-state index contributed by atoms with van der Waals surface area (Å²) in [5, 5.41) is 7.59. The Kier molecular flexibility index (Phi) is 5.58. The molecule has 0 atom stereocenters. The van der Waals surface area contributed by atoms with Gasteiger partial charge in [0.15, 0.2) is 5.76 Å². The highest BCUT2D eigenvalue weighted by Crippen LogP contribution is 2.29. The maximum atomic E-state index is 12.8. The van der Waals surface area contributed by atoms with Gasteiger partial charge in [-0.3, -0.25) is 4.79 Å². The summed E-state index contributed by atoms with van der Waals surface area (Å²) < 4.78 is 32.5. The Morgan fingerprint density at radius 2 is 1.68 bits per heavy atom. The monoisotopic (exact) mass is 435 g/mol. The molecule has 1 heterocycles. The molecule has 0 aliphatic heterocycles. The lowest BCUT2D eigenvalue weighted by Gasteiger charge is -2.10. The third-order valence-corrected chi connectivity index (χ3v) is 6.26. The molecule has 0 radical (unpaired) electrons. The minimum absolute atomic E-state index is 0.137. The standard InChI is InChI=1S/C23H21N3O4S/c1-15(2)26-31(28,29)19-11-9-18(10-12-19)24-23(27)17-8-13-21-20(14-17)22(30-25-21)16-6-4-3-5-7-16/h3-15,26H,1-2H3,(H,24,27). The average Bonchev–Trinajstić information content (AvgIpc) is 3.17. The number of carbonyl (C=O) groups excluding carboxylic acids is 1. The second-order valence-electron chi connectivity index (χ2n) is 7.36. The predicted octanol–water partition coefficient (Wildman–Crippen LogP) is 4.43. The third-order valence-electron chi connectivity index (χ3n) is 4.59. The van der Waals surface area contributed by atoms with Gasteiger partial charge in [-0.25, -0.2) is 13.1 Å². The Morgan fingerprint density at radius 1 is 0.968 bits per heavy atom. The van der Waals surface area contributed by atoms with Crippen LogP contribution >= 0.6 is 0 Å². The first-order chi connectivity index (χ1) is 14.8. The molecule has 7 nitrogen and oxygen atoms in total. The fraction of sp³-hybridized carbons (Fsp3) is 0.130. The summed E-state index contributed by atoms with van der Waals surface area (Å²) in [6, 6.07) is 20.5. The largest absolute Gasteiger partial charge is 0.355 e. The van der Waals surface area contributed by atoms with Gasteiger partial charge < -0.3 is 9.84 Å². The number of fused-ring (bicyclic) bond motifs is 1. The zero-order valence-corrected chi connectivity index (χ0v) is 17.8. The molecule has 1 amide bonds. The molecule has 0 unspecified atom stereocenters. The molecule has 0 aliphatic rings. The van der Waals surface area contributed by atoms with Crippen LogP contribution in [0.1, 0.15) is 24.2 Å². The first kappa shape index (κ1) is 20.8. The molecule has 8 heteroatoms. The smallest absolute Gasteiger partial charge is 0.255 e. The van der Waals surface area contributed by atoms with Crippen molar-refractivity contribution in [3.05, 3.63) is 78.4 Å². The first-order valence-electron chi connectivity index (χ1n) is 9.72. The molecule has 0 saturated heterocycles. The van der Waals surface area contributed by atoms with Crippen molar-refractivity contribution in [2.45, 2.75) is 24.8 Å². The van der Waals surface area contributed by atoms with E-state index in [0.29, 0.717) is 22.5 Å². The van der Waals surface area contributed by atoms with Crippen LogP contribution in [0.3, 0.4) is 0 Å². The lowest BCUT2D eigenvalue weighted by Crippen LogP contribution is -2.30. The Bertz CT molecular complexity index is 1330. The van der Waals surface area contributed by atoms with E-state index in [4.69, 9.17) is 4.52 Å². The number of amides is 1. The van der Waals surface area contributed by atoms with E-state index >= 15 is 0 Å². The fourth-order valence-electron chi connectivity index (χ4n) is 3.18. The zero-order valence-electron chi connectivity index (χ0n) is 17.0. The third kappa shape index (κ3) is 4.50. The van der Waals surface area contributed by atoms with Crippen molar-refractivity contribution in [3.63, 3.8) is 0 Å². The predicted molar refractivity (Wildman–Crippen MR) is 119 cm³/mol. The summed E-state index contributed by atoms with van der Waals surface area (Å²) >= 11 is 0. The molecule has 0 spiro atoms. The molecule has 0 fully saturated rings. The number of hydrogen-bond acceptors (Lipinski definition) is 5. The molecular weight excluding hydrogens is 414 g/mol. The second kappa shape index (κ2) is 8.33. The lowest BCUT2D eigenvalue weighted by atomic mass is 10.1. The molecule has 1 aromatic heterocycles. The van der Waals surface area contributed by atoms with Crippen LogP contribution in [0, 0.1) is 0 Å². The van der Waals surface area contributed by atoms with E-state index in [9.17, 15) is 13.2 Å². The number of aromatic nitrogens is 1. The van der Waals surface area contributed by atoms with Gasteiger partial charge in [-0.1, -0.05) is 35.5 Å². The minimum Gasteiger partial charge on any atom is -0.355 e. The van der Waals surface area contributed by atoms with Gasteiger partial charge in [-0.2, -0.15) is 0 Å². The lowest BCUT2D eigenvalue weighted by molar-refractivity contribution is 0.102. The molecule has 3 aromatic carbocycles. The molecule has 0 saturated carbocycles. The summed E-state index contributed by atoms with van der Waals surface area (Å²) in [6.45, 7) is 3.50. The summed E-state index contributed by atoms with van der Waals surface area (Å²) in [5.41, 5.74) is 2.45. The number of benzene rings is 3. The van der Waals surface area contributed by atoms with E-state index in [-0.39, 0.29) is 16.8 Å². The van der Waals surface area contributed by atoms with E-state index in [1.165, 1.54) is 12.1 Å². The van der Waals surface area contributed by atoms with Crippen LogP contribution in [-0.2, 0) is 10.0 Å². The highest BCUT2D eigenvalue weighted by Gasteiger charge is 2.16. The summed E-state index contributed by atoms with van der Waals surface area (Å²) in [5.74, 6) is 0.274. The number of rotatable bonds is 6. The van der Waals surface area contributed by atoms with Crippen LogP contribution in [0.4, 0.5) is 5.69 Å². The summed E-state index contributed by atoms with van der Waals surface area (Å²) in [7, 11) is -3.59. The summed E-state index contributed by atoms with van der Waals surface area (Å²) in [6.07, 6.45) is 0. The maximum absolute atomic E-state index is 12.8. The Balaban J connectivity index is 1.56. The highest BCUT2D eigenvalue weighted by molar-refractivity contribution is 7.89. The topological polar surface area (TPSA) is 101 Å². The van der Waals surface area contributed by atoms with Gasteiger partial charge in [-0.15, -0.1) is 0 Å². The van der Waals surface area contributed by atoms with Crippen LogP contribution in [0.25, 0.3) is 22.2 Å². The Labute approximate surface area is 180 Å². The molecule has 4 aromatic rings. The zero-order chi connectivity index (χ0) is 22.0. The minimum atomic E-state index is -3.59. The number of sulfonamides is 1. The quantitative estimate of drug-likeness (QED) is 0.466. The van der Waals surface area contributed by atoms with E-state index in [0.717, 1.165) is 10.9 Å². The van der Waals surface area contributed by atoms with E-state index in [1.807, 2.05) is 30.3 Å². The normalized spacial score (nSPS) is 11.7. The van der Waals surface area contributed by atoms with Crippen LogP contribution in [0.2, 0.25) is 0 Å². The maximum Gasteiger partial charge on any atom is 0.255 e. The van der Waals surface area contributed by atoms with E-state index in [2.05, 4.69) is 15.2 Å². The Morgan fingerprint density at radius 3 is 2.35 bits per heavy atom. The SMILES string of the molecule is CC(C)NS(=O)(=O)c1ccc(NC(=O)c2ccc3noc(-c4ccccc4)c3c2)cc1. The van der Waals surface area contributed by atoms with Crippen molar-refractivity contribution in [1.82, 2.24) is 9.88 Å². The highest BCUT2D eigenvalue weighted by atomic mass is 32.2. The van der Waals surface area contributed by atoms with Crippen molar-refractivity contribution in [2.75, 3.05) is 5.32 Å². The van der Waals surface area contributed by atoms with Crippen LogP contribution in [0.5, 0.6) is 0 Å². The molecule has 31 heavy (non-hydrogen) atoms. The van der Waals surface area contributed by atoms with E-state index in [1.54, 1.807) is 44.2 Å². The molecular formula is C23H21N3O4S. The van der Waals surface area contributed by atoms with Crippen LogP contribution in [-0.4, -0.2) is 25.5 Å². The second-order valence-corrected chi connectivity index (χ2v) is 9.08. The molecule has 4 rings (SSSR count). The molecule has 158 valence electrons. The average molecular weight is 436 g/mol. The van der Waals surface area contributed by atoms with Crippen LogP contribution in [0.15, 0.2) is 82.2 Å². The van der Waals surface area contributed by atoms with Gasteiger partial charge in [0.2, 0.25) is 10.0 Å². The van der Waals surface area contributed by atoms with Crippen molar-refractivity contribution in [1.29, 1.82) is 0 Å². The van der Waals surface area contributed by atoms with E-state index < -0.39 is 10.0 Å². The van der Waals surface area contributed by atoms with Crippen LogP contribution < -0.4 is 10.0 Å². The molecule has 0 bridgehead atoms. The van der Waals surface area contributed by atoms with Gasteiger partial charge >= 0.3 is 0 Å². The number of nitrogens with zero attached hydrogens (tertiary/aromatic N) is 1. The first-order valence-corrected chi connectivity index (χ1v) is 11.2. The number of nitrogens with one attached hydrogen (secondary N) is 2. The van der Waals surface area contributed by atoms with Crippen molar-refractivity contribution < 1.29 is 17.7 Å².